The Labute approximate surface area is 129 Å². The Bertz CT molecular complexity index is 743. The summed E-state index contributed by atoms with van der Waals surface area (Å²) in [5.41, 5.74) is 7.71. The molecule has 0 fully saturated rings. The van der Waals surface area contributed by atoms with E-state index in [0.717, 1.165) is 10.5 Å². The van der Waals surface area contributed by atoms with Crippen LogP contribution in [0.15, 0.2) is 52.3 Å². The molecule has 2 aromatic rings. The first-order valence-electron chi connectivity index (χ1n) is 6.43. The highest BCUT2D eigenvalue weighted by Crippen LogP contribution is 2.24. The fraction of sp³-hybridized carbons (Fsp3) is 0.200. The van der Waals surface area contributed by atoms with E-state index in [2.05, 4.69) is 4.72 Å². The molecule has 112 valence electrons. The van der Waals surface area contributed by atoms with E-state index in [9.17, 15) is 8.42 Å². The van der Waals surface area contributed by atoms with Crippen LogP contribution in [0.3, 0.4) is 0 Å². The second-order valence-electron chi connectivity index (χ2n) is 4.58. The van der Waals surface area contributed by atoms with Crippen molar-refractivity contribution in [3.05, 3.63) is 53.6 Å². The first kappa shape index (κ1) is 15.9. The van der Waals surface area contributed by atoms with Gasteiger partial charge in [0.1, 0.15) is 0 Å². The fourth-order valence-electron chi connectivity index (χ4n) is 2.07. The molecule has 0 heterocycles. The Hall–Kier alpha value is -1.50. The monoisotopic (exact) mass is 322 g/mol. The van der Waals surface area contributed by atoms with Gasteiger partial charge in [0, 0.05) is 17.1 Å². The van der Waals surface area contributed by atoms with Crippen molar-refractivity contribution in [1.29, 1.82) is 0 Å². The van der Waals surface area contributed by atoms with E-state index in [4.69, 9.17) is 5.73 Å². The average molecular weight is 322 g/mol. The van der Waals surface area contributed by atoms with Crippen LogP contribution in [0.4, 0.5) is 5.69 Å². The molecular weight excluding hydrogens is 304 g/mol. The van der Waals surface area contributed by atoms with Gasteiger partial charge in [0.2, 0.25) is 0 Å². The molecule has 0 aliphatic rings. The Morgan fingerprint density at radius 3 is 2.57 bits per heavy atom. The van der Waals surface area contributed by atoms with Gasteiger partial charge < -0.3 is 5.73 Å². The zero-order chi connectivity index (χ0) is 15.5. The maximum absolute atomic E-state index is 12.5. The lowest BCUT2D eigenvalue weighted by atomic mass is 10.1. The summed E-state index contributed by atoms with van der Waals surface area (Å²) in [6, 6.07) is 12.4. The minimum absolute atomic E-state index is 0.264. The van der Waals surface area contributed by atoms with Crippen LogP contribution < -0.4 is 10.5 Å². The molecule has 0 saturated carbocycles. The van der Waals surface area contributed by atoms with Gasteiger partial charge in [0.15, 0.2) is 0 Å². The second kappa shape index (κ2) is 6.51. The zero-order valence-electron chi connectivity index (χ0n) is 12.0. The van der Waals surface area contributed by atoms with Crippen molar-refractivity contribution in [2.24, 2.45) is 5.73 Å². The molecule has 4 nitrogen and oxygen atoms in total. The van der Waals surface area contributed by atoms with Gasteiger partial charge in [-0.05, 0) is 48.6 Å². The number of hydrogen-bond acceptors (Lipinski definition) is 4. The van der Waals surface area contributed by atoms with Gasteiger partial charge >= 0.3 is 0 Å². The molecule has 0 radical (unpaired) electrons. The minimum atomic E-state index is -3.62. The number of rotatable bonds is 5. The number of nitrogens with two attached hydrogens (primary N) is 1. The van der Waals surface area contributed by atoms with E-state index < -0.39 is 10.0 Å². The Morgan fingerprint density at radius 2 is 1.90 bits per heavy atom. The van der Waals surface area contributed by atoms with Crippen LogP contribution in [0.1, 0.15) is 11.1 Å². The van der Waals surface area contributed by atoms with Crippen LogP contribution in [0, 0.1) is 6.92 Å². The molecule has 0 aromatic heterocycles. The molecule has 3 N–H and O–H groups in total. The van der Waals surface area contributed by atoms with Crippen LogP contribution >= 0.6 is 11.8 Å². The summed E-state index contributed by atoms with van der Waals surface area (Å²) in [4.78, 5) is 1.27. The highest BCUT2D eigenvalue weighted by atomic mass is 32.2. The third-order valence-corrected chi connectivity index (χ3v) is 5.48. The third-order valence-electron chi connectivity index (χ3n) is 3.23. The van der Waals surface area contributed by atoms with E-state index in [1.165, 1.54) is 0 Å². The molecule has 0 amide bonds. The molecule has 6 heteroatoms. The number of anilines is 1. The maximum Gasteiger partial charge on any atom is 0.262 e. The lowest BCUT2D eigenvalue weighted by molar-refractivity contribution is 0.600. The predicted octanol–water partition coefficient (Wildman–Crippen LogP) is 2.98. The van der Waals surface area contributed by atoms with Gasteiger partial charge in [0.05, 0.1) is 4.90 Å². The van der Waals surface area contributed by atoms with Crippen molar-refractivity contribution in [2.45, 2.75) is 23.3 Å². The number of sulfonamides is 1. The summed E-state index contributed by atoms with van der Waals surface area (Å²) in [5, 5.41) is 0. The Kier molecular flexibility index (Phi) is 4.92. The summed E-state index contributed by atoms with van der Waals surface area (Å²) in [6.45, 7) is 2.09. The summed E-state index contributed by atoms with van der Waals surface area (Å²) in [5.74, 6) is 0. The summed E-state index contributed by atoms with van der Waals surface area (Å²) >= 11 is 1.56. The van der Waals surface area contributed by atoms with Crippen LogP contribution in [-0.4, -0.2) is 14.7 Å². The van der Waals surface area contributed by atoms with Crippen LogP contribution in [0.25, 0.3) is 0 Å². The third kappa shape index (κ3) is 3.58. The normalized spacial score (nSPS) is 11.4. The van der Waals surface area contributed by atoms with Crippen LogP contribution in [0.2, 0.25) is 0 Å². The van der Waals surface area contributed by atoms with E-state index in [0.29, 0.717) is 17.8 Å². The smallest absolute Gasteiger partial charge is 0.262 e. The predicted molar refractivity (Wildman–Crippen MR) is 88.1 cm³/mol. The standard InChI is InChI=1S/C15H18N2O2S2/c1-11-12(10-16)5-3-8-15(11)21(18,19)17-13-6-4-7-14(9-13)20-2/h3-9,17H,10,16H2,1-2H3. The van der Waals surface area contributed by atoms with Crippen molar-refractivity contribution in [3.63, 3.8) is 0 Å². The first-order valence-corrected chi connectivity index (χ1v) is 9.14. The zero-order valence-corrected chi connectivity index (χ0v) is 13.6. The highest BCUT2D eigenvalue weighted by molar-refractivity contribution is 7.98. The lowest BCUT2D eigenvalue weighted by Gasteiger charge is -2.13. The van der Waals surface area contributed by atoms with Crippen molar-refractivity contribution >= 4 is 27.5 Å². The Balaban J connectivity index is 2.38. The largest absolute Gasteiger partial charge is 0.326 e. The van der Waals surface area contributed by atoms with Crippen molar-refractivity contribution < 1.29 is 8.42 Å². The minimum Gasteiger partial charge on any atom is -0.326 e. The van der Waals surface area contributed by atoms with Crippen LogP contribution in [0.5, 0.6) is 0 Å². The SMILES string of the molecule is CSc1cccc(NS(=O)(=O)c2cccc(CN)c2C)c1. The molecule has 2 aromatic carbocycles. The van der Waals surface area contributed by atoms with Gasteiger partial charge in [-0.25, -0.2) is 8.42 Å². The van der Waals surface area contributed by atoms with Crippen molar-refractivity contribution in [3.8, 4) is 0 Å². The van der Waals surface area contributed by atoms with Gasteiger partial charge in [-0.3, -0.25) is 4.72 Å². The molecule has 0 aliphatic heterocycles. The number of thioether (sulfide) groups is 1. The molecule has 0 atom stereocenters. The van der Waals surface area contributed by atoms with Gasteiger partial charge in [-0.15, -0.1) is 11.8 Å². The van der Waals surface area contributed by atoms with E-state index >= 15 is 0 Å². The van der Waals surface area contributed by atoms with Gasteiger partial charge in [0.25, 0.3) is 10.0 Å². The maximum atomic E-state index is 12.5. The molecule has 21 heavy (non-hydrogen) atoms. The quantitative estimate of drug-likeness (QED) is 0.830. The van der Waals surface area contributed by atoms with E-state index in [-0.39, 0.29) is 4.90 Å². The van der Waals surface area contributed by atoms with Crippen molar-refractivity contribution in [2.75, 3.05) is 11.0 Å². The summed E-state index contributed by atoms with van der Waals surface area (Å²) in [6.07, 6.45) is 1.95. The molecule has 0 unspecified atom stereocenters. The van der Waals surface area contributed by atoms with Crippen molar-refractivity contribution in [1.82, 2.24) is 0 Å². The van der Waals surface area contributed by atoms with Crippen LogP contribution in [-0.2, 0) is 16.6 Å². The number of hydrogen-bond donors (Lipinski definition) is 2. The topological polar surface area (TPSA) is 72.2 Å². The molecule has 0 bridgehead atoms. The fourth-order valence-corrected chi connectivity index (χ4v) is 3.87. The van der Waals surface area contributed by atoms with E-state index in [1.54, 1.807) is 36.9 Å². The highest BCUT2D eigenvalue weighted by Gasteiger charge is 2.18. The number of benzene rings is 2. The molecule has 2 rings (SSSR count). The number of nitrogens with one attached hydrogen (secondary N) is 1. The van der Waals surface area contributed by atoms with Gasteiger partial charge in [-0.1, -0.05) is 18.2 Å². The average Bonchev–Trinajstić information content (AvgIpc) is 2.47. The molecule has 0 saturated heterocycles. The summed E-state index contributed by atoms with van der Waals surface area (Å²) in [7, 11) is -3.62. The summed E-state index contributed by atoms with van der Waals surface area (Å²) < 4.78 is 27.7. The second-order valence-corrected chi connectivity index (χ2v) is 7.11. The first-order chi connectivity index (χ1) is 9.97. The van der Waals surface area contributed by atoms with E-state index in [1.807, 2.05) is 30.5 Å². The molecular formula is C15H18N2O2S2. The molecule has 0 spiro atoms. The van der Waals surface area contributed by atoms with Gasteiger partial charge in [-0.2, -0.15) is 0 Å². The lowest BCUT2D eigenvalue weighted by Crippen LogP contribution is -2.15. The Morgan fingerprint density at radius 1 is 1.19 bits per heavy atom. The molecule has 0 aliphatic carbocycles.